The van der Waals surface area contributed by atoms with Crippen molar-refractivity contribution in [3.63, 3.8) is 0 Å². The highest BCUT2D eigenvalue weighted by Gasteiger charge is 2.18. The van der Waals surface area contributed by atoms with Crippen molar-refractivity contribution in [3.05, 3.63) is 65.2 Å². The van der Waals surface area contributed by atoms with Gasteiger partial charge >= 0.3 is 0 Å². The lowest BCUT2D eigenvalue weighted by Gasteiger charge is -2.13. The molecular weight excluding hydrogens is 318 g/mol. The van der Waals surface area contributed by atoms with Gasteiger partial charge in [0, 0.05) is 31.7 Å². The molecule has 2 aromatic heterocycles. The van der Waals surface area contributed by atoms with E-state index in [1.807, 2.05) is 43.5 Å². The quantitative estimate of drug-likeness (QED) is 0.741. The first-order valence-electron chi connectivity index (χ1n) is 8.04. The average molecular weight is 339 g/mol. The van der Waals surface area contributed by atoms with Crippen molar-refractivity contribution in [2.24, 2.45) is 7.05 Å². The van der Waals surface area contributed by atoms with E-state index in [1.54, 1.807) is 29.5 Å². The van der Waals surface area contributed by atoms with Crippen molar-refractivity contribution in [1.29, 1.82) is 0 Å². The molecule has 1 atom stereocenters. The van der Waals surface area contributed by atoms with Gasteiger partial charge in [-0.2, -0.15) is 10.2 Å². The minimum Gasteiger partial charge on any atom is -0.387 e. The summed E-state index contributed by atoms with van der Waals surface area (Å²) < 4.78 is 3.42. The molecule has 0 fully saturated rings. The number of aryl methyl sites for hydroxylation is 2. The Bertz CT molecular complexity index is 866. The lowest BCUT2D eigenvalue weighted by Crippen LogP contribution is -2.29. The minimum atomic E-state index is -0.784. The lowest BCUT2D eigenvalue weighted by atomic mass is 10.1. The summed E-state index contributed by atoms with van der Waals surface area (Å²) in [5, 5.41) is 21.5. The molecule has 0 aliphatic rings. The van der Waals surface area contributed by atoms with Gasteiger partial charge in [0.25, 0.3) is 5.91 Å². The summed E-state index contributed by atoms with van der Waals surface area (Å²) in [6, 6.07) is 9.26. The lowest BCUT2D eigenvalue weighted by molar-refractivity contribution is 0.0915. The number of carbonyl (C=O) groups excluding carboxylic acids is 1. The van der Waals surface area contributed by atoms with Crippen LogP contribution in [0.15, 0.2) is 42.7 Å². The van der Waals surface area contributed by atoms with Gasteiger partial charge in [-0.15, -0.1) is 0 Å². The van der Waals surface area contributed by atoms with Crippen LogP contribution in [0.2, 0.25) is 0 Å². The molecule has 0 aliphatic carbocycles. The van der Waals surface area contributed by atoms with Crippen LogP contribution in [0.4, 0.5) is 0 Å². The Morgan fingerprint density at radius 1 is 1.28 bits per heavy atom. The molecule has 0 aliphatic heterocycles. The van der Waals surface area contributed by atoms with Crippen molar-refractivity contribution < 1.29 is 9.90 Å². The standard InChI is InChI=1S/C18H21N5O2/c1-12-17(13(2)22(3)21-12)18(25)19-11-16(24)14-5-7-15(8-6-14)23-10-4-9-20-23/h4-10,16,24H,11H2,1-3H3,(H,19,25). The molecule has 2 heterocycles. The third-order valence-electron chi connectivity index (χ3n) is 4.24. The fourth-order valence-corrected chi connectivity index (χ4v) is 2.77. The van der Waals surface area contributed by atoms with Gasteiger partial charge in [0.1, 0.15) is 0 Å². The van der Waals surface area contributed by atoms with E-state index >= 15 is 0 Å². The molecule has 1 unspecified atom stereocenters. The van der Waals surface area contributed by atoms with E-state index in [0.29, 0.717) is 11.3 Å². The summed E-state index contributed by atoms with van der Waals surface area (Å²) in [7, 11) is 1.80. The average Bonchev–Trinajstić information content (AvgIpc) is 3.22. The molecule has 1 aromatic carbocycles. The van der Waals surface area contributed by atoms with E-state index in [9.17, 15) is 9.90 Å². The van der Waals surface area contributed by atoms with E-state index in [2.05, 4.69) is 15.5 Å². The molecular formula is C18H21N5O2. The maximum absolute atomic E-state index is 12.4. The monoisotopic (exact) mass is 339 g/mol. The first-order chi connectivity index (χ1) is 12.0. The zero-order chi connectivity index (χ0) is 18.0. The van der Waals surface area contributed by atoms with E-state index in [4.69, 9.17) is 0 Å². The number of nitrogens with one attached hydrogen (secondary N) is 1. The van der Waals surface area contributed by atoms with Crippen LogP contribution < -0.4 is 5.32 Å². The molecule has 3 aromatic rings. The van der Waals surface area contributed by atoms with Gasteiger partial charge in [-0.3, -0.25) is 9.48 Å². The highest BCUT2D eigenvalue weighted by molar-refractivity contribution is 5.96. The minimum absolute atomic E-state index is 0.133. The maximum atomic E-state index is 12.4. The molecule has 0 saturated carbocycles. The van der Waals surface area contributed by atoms with Crippen molar-refractivity contribution in [2.75, 3.05) is 6.54 Å². The number of amides is 1. The zero-order valence-electron chi connectivity index (χ0n) is 14.5. The van der Waals surface area contributed by atoms with Gasteiger partial charge in [-0.25, -0.2) is 4.68 Å². The number of carbonyl (C=O) groups is 1. The van der Waals surface area contributed by atoms with E-state index < -0.39 is 6.10 Å². The van der Waals surface area contributed by atoms with Gasteiger partial charge in [-0.1, -0.05) is 12.1 Å². The molecule has 1 amide bonds. The second kappa shape index (κ2) is 6.90. The summed E-state index contributed by atoms with van der Waals surface area (Å²) in [4.78, 5) is 12.4. The van der Waals surface area contributed by atoms with E-state index in [-0.39, 0.29) is 12.5 Å². The Hall–Kier alpha value is -2.93. The summed E-state index contributed by atoms with van der Waals surface area (Å²) in [5.74, 6) is -0.227. The second-order valence-corrected chi connectivity index (χ2v) is 5.94. The van der Waals surface area contributed by atoms with Crippen LogP contribution in [-0.4, -0.2) is 37.1 Å². The van der Waals surface area contributed by atoms with Crippen LogP contribution in [0.25, 0.3) is 5.69 Å². The number of benzene rings is 1. The Morgan fingerprint density at radius 3 is 2.56 bits per heavy atom. The normalized spacial score (nSPS) is 12.2. The SMILES string of the molecule is Cc1nn(C)c(C)c1C(=O)NCC(O)c1ccc(-n2cccn2)cc1. The summed E-state index contributed by atoms with van der Waals surface area (Å²) in [6.45, 7) is 3.78. The van der Waals surface area contributed by atoms with Crippen LogP contribution in [0.1, 0.15) is 33.4 Å². The van der Waals surface area contributed by atoms with Gasteiger partial charge < -0.3 is 10.4 Å². The summed E-state index contributed by atoms with van der Waals surface area (Å²) in [5.41, 5.74) is 3.68. The van der Waals surface area contributed by atoms with Crippen LogP contribution in [0.3, 0.4) is 0 Å². The molecule has 130 valence electrons. The van der Waals surface area contributed by atoms with Crippen molar-refractivity contribution in [2.45, 2.75) is 20.0 Å². The highest BCUT2D eigenvalue weighted by atomic mass is 16.3. The second-order valence-electron chi connectivity index (χ2n) is 5.94. The largest absolute Gasteiger partial charge is 0.387 e. The van der Waals surface area contributed by atoms with Gasteiger partial charge in [-0.05, 0) is 37.6 Å². The third kappa shape index (κ3) is 3.46. The Morgan fingerprint density at radius 2 is 2.00 bits per heavy atom. The summed E-state index contributed by atoms with van der Waals surface area (Å²) >= 11 is 0. The predicted molar refractivity (Wildman–Crippen MR) is 93.5 cm³/mol. The molecule has 25 heavy (non-hydrogen) atoms. The number of aromatic nitrogens is 4. The van der Waals surface area contributed by atoms with Crippen LogP contribution >= 0.6 is 0 Å². The molecule has 7 heteroatoms. The number of aliphatic hydroxyl groups excluding tert-OH is 1. The van der Waals surface area contributed by atoms with E-state index in [1.165, 1.54) is 0 Å². The van der Waals surface area contributed by atoms with Gasteiger partial charge in [0.15, 0.2) is 0 Å². The molecule has 3 rings (SSSR count). The van der Waals surface area contributed by atoms with E-state index in [0.717, 1.165) is 16.9 Å². The molecule has 0 saturated heterocycles. The van der Waals surface area contributed by atoms with Crippen LogP contribution in [0, 0.1) is 13.8 Å². The van der Waals surface area contributed by atoms with Gasteiger partial charge in [0.05, 0.1) is 23.0 Å². The smallest absolute Gasteiger partial charge is 0.255 e. The van der Waals surface area contributed by atoms with Crippen molar-refractivity contribution in [1.82, 2.24) is 24.9 Å². The van der Waals surface area contributed by atoms with Crippen LogP contribution in [-0.2, 0) is 7.05 Å². The zero-order valence-corrected chi connectivity index (χ0v) is 14.5. The Balaban J connectivity index is 1.64. The Kier molecular flexibility index (Phi) is 4.67. The molecule has 7 nitrogen and oxygen atoms in total. The van der Waals surface area contributed by atoms with Gasteiger partial charge in [0.2, 0.25) is 0 Å². The number of hydrogen-bond acceptors (Lipinski definition) is 4. The fraction of sp³-hybridized carbons (Fsp3) is 0.278. The molecule has 0 bridgehead atoms. The number of nitrogens with zero attached hydrogens (tertiary/aromatic N) is 4. The maximum Gasteiger partial charge on any atom is 0.255 e. The molecule has 2 N–H and O–H groups in total. The van der Waals surface area contributed by atoms with Crippen LogP contribution in [0.5, 0.6) is 0 Å². The number of rotatable bonds is 5. The molecule has 0 spiro atoms. The number of aliphatic hydroxyl groups is 1. The number of hydrogen-bond donors (Lipinski definition) is 2. The fourth-order valence-electron chi connectivity index (χ4n) is 2.77. The third-order valence-corrected chi connectivity index (χ3v) is 4.24. The summed E-state index contributed by atoms with van der Waals surface area (Å²) in [6.07, 6.45) is 2.78. The predicted octanol–water partition coefficient (Wildman–Crippen LogP) is 1.69. The molecule has 0 radical (unpaired) electrons. The van der Waals surface area contributed by atoms with Crippen molar-refractivity contribution >= 4 is 5.91 Å². The first-order valence-corrected chi connectivity index (χ1v) is 8.04. The topological polar surface area (TPSA) is 85.0 Å². The Labute approximate surface area is 145 Å². The highest BCUT2D eigenvalue weighted by Crippen LogP contribution is 2.16. The first kappa shape index (κ1) is 16.9. The van der Waals surface area contributed by atoms with Crippen molar-refractivity contribution in [3.8, 4) is 5.69 Å².